The summed E-state index contributed by atoms with van der Waals surface area (Å²) in [5.41, 5.74) is 2.69. The normalized spacial score (nSPS) is 20.9. The van der Waals surface area contributed by atoms with Crippen molar-refractivity contribution in [2.75, 3.05) is 19.0 Å². The number of benzene rings is 2. The lowest BCUT2D eigenvalue weighted by Crippen LogP contribution is -2.52. The van der Waals surface area contributed by atoms with Crippen LogP contribution in [0.2, 0.25) is 0 Å². The van der Waals surface area contributed by atoms with Crippen LogP contribution in [0.25, 0.3) is 0 Å². The Morgan fingerprint density at radius 1 is 1.07 bits per heavy atom. The molecule has 1 aliphatic heterocycles. The summed E-state index contributed by atoms with van der Waals surface area (Å²) < 4.78 is 5.77. The Kier molecular flexibility index (Phi) is 8.19. The van der Waals surface area contributed by atoms with E-state index in [1.807, 2.05) is 81.4 Å². The van der Waals surface area contributed by atoms with Gasteiger partial charge in [0.05, 0.1) is 11.7 Å². The number of aromatic nitrogens is 2. The molecule has 4 rings (SSSR count). The lowest BCUT2D eigenvalue weighted by molar-refractivity contribution is -0.108. The van der Waals surface area contributed by atoms with Crippen molar-refractivity contribution in [3.8, 4) is 0 Å². The zero-order chi connectivity index (χ0) is 29.2. The fourth-order valence-electron chi connectivity index (χ4n) is 5.78. The van der Waals surface area contributed by atoms with Crippen LogP contribution in [0.5, 0.6) is 0 Å². The molecule has 2 heterocycles. The minimum absolute atomic E-state index is 0.0512. The molecule has 1 aliphatic rings. The van der Waals surface area contributed by atoms with Gasteiger partial charge in [0.2, 0.25) is 0 Å². The summed E-state index contributed by atoms with van der Waals surface area (Å²) in [5, 5.41) is 9.97. The van der Waals surface area contributed by atoms with Crippen LogP contribution in [0.4, 0.5) is 10.5 Å². The van der Waals surface area contributed by atoms with Gasteiger partial charge in [0.15, 0.2) is 5.72 Å². The first-order chi connectivity index (χ1) is 18.8. The van der Waals surface area contributed by atoms with Crippen molar-refractivity contribution >= 4 is 17.7 Å². The molecule has 0 unspecified atom stereocenters. The van der Waals surface area contributed by atoms with Crippen LogP contribution < -0.4 is 4.90 Å². The van der Waals surface area contributed by atoms with Gasteiger partial charge >= 0.3 is 6.16 Å². The maximum Gasteiger partial charge on any atom is 0.507 e. The predicted molar refractivity (Wildman–Crippen MR) is 156 cm³/mol. The fourth-order valence-corrected chi connectivity index (χ4v) is 5.78. The van der Waals surface area contributed by atoms with Crippen LogP contribution >= 0.6 is 0 Å². The SMILES string of the molecule is CC(C)C[C@]1(OC(=O)O)C[C@H](c2cnccn2)[C@H](c2ccc(N(C)C)cc2)N1C(=O)c1ccc(C(C)(C)C)cc1. The number of amides is 1. The van der Waals surface area contributed by atoms with Gasteiger partial charge in [-0.1, -0.05) is 58.9 Å². The van der Waals surface area contributed by atoms with Crippen LogP contribution in [0, 0.1) is 5.92 Å². The van der Waals surface area contributed by atoms with Gasteiger partial charge in [0.25, 0.3) is 5.91 Å². The largest absolute Gasteiger partial charge is 0.507 e. The minimum atomic E-state index is -1.41. The Morgan fingerprint density at radius 3 is 2.23 bits per heavy atom. The Balaban J connectivity index is 1.93. The quantitative estimate of drug-likeness (QED) is 0.333. The summed E-state index contributed by atoms with van der Waals surface area (Å²) in [5.74, 6) is -0.569. The molecule has 40 heavy (non-hydrogen) atoms. The number of hydrogen-bond donors (Lipinski definition) is 1. The number of hydrogen-bond acceptors (Lipinski definition) is 6. The third kappa shape index (κ3) is 5.96. The highest BCUT2D eigenvalue weighted by atomic mass is 16.7. The Morgan fingerprint density at radius 2 is 1.73 bits per heavy atom. The van der Waals surface area contributed by atoms with E-state index in [0.29, 0.717) is 17.7 Å². The minimum Gasteiger partial charge on any atom is -0.450 e. The van der Waals surface area contributed by atoms with Crippen molar-refractivity contribution in [1.82, 2.24) is 14.9 Å². The summed E-state index contributed by atoms with van der Waals surface area (Å²) in [6.07, 6.45) is 4.12. The number of likely N-dealkylation sites (tertiary alicyclic amines) is 1. The van der Waals surface area contributed by atoms with Gasteiger partial charge in [-0.05, 0) is 46.7 Å². The lowest BCUT2D eigenvalue weighted by atomic mass is 9.86. The van der Waals surface area contributed by atoms with Crippen LogP contribution in [0.1, 0.15) is 86.6 Å². The first kappa shape index (κ1) is 29.1. The van der Waals surface area contributed by atoms with Gasteiger partial charge in [-0.25, -0.2) is 4.79 Å². The highest BCUT2D eigenvalue weighted by molar-refractivity contribution is 5.95. The lowest BCUT2D eigenvalue weighted by Gasteiger charge is -2.41. The number of anilines is 1. The van der Waals surface area contributed by atoms with E-state index in [4.69, 9.17) is 4.74 Å². The van der Waals surface area contributed by atoms with Gasteiger partial charge in [0.1, 0.15) is 0 Å². The second kappa shape index (κ2) is 11.3. The van der Waals surface area contributed by atoms with Gasteiger partial charge in [0, 0.05) is 62.7 Å². The molecule has 0 spiro atoms. The Labute approximate surface area is 237 Å². The fraction of sp³-hybridized carbons (Fsp3) is 0.438. The molecule has 0 aliphatic carbocycles. The molecule has 2 aromatic carbocycles. The predicted octanol–water partition coefficient (Wildman–Crippen LogP) is 6.65. The molecule has 8 nitrogen and oxygen atoms in total. The first-order valence-corrected chi connectivity index (χ1v) is 13.7. The summed E-state index contributed by atoms with van der Waals surface area (Å²) >= 11 is 0. The monoisotopic (exact) mass is 544 g/mol. The van der Waals surface area contributed by atoms with Crippen LogP contribution in [0.15, 0.2) is 67.1 Å². The molecule has 1 aromatic heterocycles. The van der Waals surface area contributed by atoms with E-state index in [9.17, 15) is 14.7 Å². The standard InChI is InChI=1S/C32H40N4O4/c1-21(2)18-32(40-30(38)39)19-26(27-20-33-16-17-34-27)28(22-10-14-25(15-11-22)35(6)7)36(32)29(37)23-8-12-24(13-9-23)31(3,4)5/h8-17,20-21,26,28H,18-19H2,1-7H3,(H,38,39)/t26-,28+,32+/m1/s1. The van der Waals surface area contributed by atoms with Crippen molar-refractivity contribution in [3.05, 3.63) is 89.5 Å². The number of ether oxygens (including phenoxy) is 1. The molecular weight excluding hydrogens is 504 g/mol. The van der Waals surface area contributed by atoms with Gasteiger partial charge in [-0.2, -0.15) is 0 Å². The molecule has 1 fully saturated rings. The van der Waals surface area contributed by atoms with E-state index in [1.54, 1.807) is 23.5 Å². The zero-order valence-electron chi connectivity index (χ0n) is 24.5. The van der Waals surface area contributed by atoms with E-state index >= 15 is 0 Å². The summed E-state index contributed by atoms with van der Waals surface area (Å²) in [6, 6.07) is 15.1. The van der Waals surface area contributed by atoms with Gasteiger partial charge in [-0.3, -0.25) is 19.7 Å². The maximum absolute atomic E-state index is 14.5. The second-order valence-corrected chi connectivity index (χ2v) is 12.3. The van der Waals surface area contributed by atoms with E-state index in [1.165, 1.54) is 0 Å². The summed E-state index contributed by atoms with van der Waals surface area (Å²) in [6.45, 7) is 10.4. The average Bonchev–Trinajstić information content (AvgIpc) is 3.21. The number of nitrogens with zero attached hydrogens (tertiary/aromatic N) is 4. The molecule has 0 radical (unpaired) electrons. The number of carbonyl (C=O) groups is 2. The topological polar surface area (TPSA) is 95.9 Å². The molecule has 3 aromatic rings. The van der Waals surface area contributed by atoms with Crippen LogP contribution in [-0.2, 0) is 10.2 Å². The first-order valence-electron chi connectivity index (χ1n) is 13.7. The third-order valence-electron chi connectivity index (χ3n) is 7.57. The molecule has 0 saturated carbocycles. The molecule has 8 heteroatoms. The molecule has 212 valence electrons. The summed E-state index contributed by atoms with van der Waals surface area (Å²) in [7, 11) is 3.94. The van der Waals surface area contributed by atoms with Crippen LogP contribution in [-0.4, -0.2) is 51.9 Å². The van der Waals surface area contributed by atoms with Crippen molar-refractivity contribution < 1.29 is 19.4 Å². The Bertz CT molecular complexity index is 1320. The molecule has 1 saturated heterocycles. The van der Waals surface area contributed by atoms with Crippen LogP contribution in [0.3, 0.4) is 0 Å². The van der Waals surface area contributed by atoms with E-state index < -0.39 is 17.9 Å². The molecule has 1 N–H and O–H groups in total. The van der Waals surface area contributed by atoms with E-state index in [0.717, 1.165) is 16.8 Å². The number of carboxylic acid groups (broad SMARTS) is 1. The molecular formula is C32H40N4O4. The van der Waals surface area contributed by atoms with Crippen molar-refractivity contribution in [2.45, 2.75) is 70.6 Å². The van der Waals surface area contributed by atoms with E-state index in [2.05, 4.69) is 30.7 Å². The van der Waals surface area contributed by atoms with Crippen molar-refractivity contribution in [2.24, 2.45) is 5.92 Å². The third-order valence-corrected chi connectivity index (χ3v) is 7.57. The average molecular weight is 545 g/mol. The van der Waals surface area contributed by atoms with Gasteiger partial charge < -0.3 is 14.7 Å². The van der Waals surface area contributed by atoms with Crippen molar-refractivity contribution in [3.63, 3.8) is 0 Å². The number of carbonyl (C=O) groups excluding carboxylic acids is 1. The zero-order valence-corrected chi connectivity index (χ0v) is 24.5. The molecule has 3 atom stereocenters. The van der Waals surface area contributed by atoms with Crippen molar-refractivity contribution in [1.29, 1.82) is 0 Å². The number of rotatable bonds is 7. The highest BCUT2D eigenvalue weighted by Gasteiger charge is 2.58. The van der Waals surface area contributed by atoms with E-state index in [-0.39, 0.29) is 29.6 Å². The second-order valence-electron chi connectivity index (χ2n) is 12.3. The molecule has 0 bridgehead atoms. The maximum atomic E-state index is 14.5. The Hall–Kier alpha value is -3.94. The molecule has 1 amide bonds. The van der Waals surface area contributed by atoms with Gasteiger partial charge in [-0.15, -0.1) is 0 Å². The highest BCUT2D eigenvalue weighted by Crippen LogP contribution is 2.54. The summed E-state index contributed by atoms with van der Waals surface area (Å²) in [4.78, 5) is 39.3. The smallest absolute Gasteiger partial charge is 0.450 e.